The third kappa shape index (κ3) is 8.74. The van der Waals surface area contributed by atoms with Crippen LogP contribution in [0.25, 0.3) is 0 Å². The molecule has 0 aliphatic carbocycles. The fourth-order valence-electron chi connectivity index (χ4n) is 5.28. The Morgan fingerprint density at radius 2 is 1.61 bits per heavy atom. The molecule has 1 fully saturated rings. The molecule has 1 aliphatic rings. The summed E-state index contributed by atoms with van der Waals surface area (Å²) in [6, 6.07) is 31.8. The lowest BCUT2D eigenvalue weighted by Gasteiger charge is -2.32. The lowest BCUT2D eigenvalue weighted by molar-refractivity contribution is 0.306. The van der Waals surface area contributed by atoms with Crippen LogP contribution in [0.1, 0.15) is 35.1 Å². The van der Waals surface area contributed by atoms with Gasteiger partial charge in [-0.05, 0) is 91.8 Å². The average molecular weight is 653 g/mol. The molecule has 46 heavy (non-hydrogen) atoms. The van der Waals surface area contributed by atoms with Crippen molar-refractivity contribution >= 4 is 52.9 Å². The molecule has 1 saturated heterocycles. The van der Waals surface area contributed by atoms with Crippen LogP contribution in [0.15, 0.2) is 102 Å². The van der Waals surface area contributed by atoms with E-state index in [0.29, 0.717) is 40.4 Å². The molecule has 4 aromatic carbocycles. The largest absolute Gasteiger partial charge is 0.489 e. The fourth-order valence-corrected chi connectivity index (χ4v) is 5.74. The molecule has 0 spiro atoms. The van der Waals surface area contributed by atoms with Crippen LogP contribution in [0.2, 0.25) is 10.0 Å². The van der Waals surface area contributed by atoms with E-state index in [1.807, 2.05) is 42.5 Å². The molecule has 5 aromatic rings. The molecular formula is C36H35Cl2N7O. The number of ether oxygens (including phenoxy) is 1. The zero-order valence-corrected chi connectivity index (χ0v) is 27.0. The number of benzene rings is 4. The number of anilines is 4. The van der Waals surface area contributed by atoms with Crippen LogP contribution in [0.4, 0.5) is 23.5 Å². The SMILES string of the molecule is Cc1ccc(Nc2nc(N/N=C\c3ccc(OCc4ccc(Cl)cc4Cl)cc3)nc(N3CCC(Cc4ccccc4)CC3)n2)cc1. The summed E-state index contributed by atoms with van der Waals surface area (Å²) in [5.74, 6) is 2.81. The predicted octanol–water partition coefficient (Wildman–Crippen LogP) is 8.71. The summed E-state index contributed by atoms with van der Waals surface area (Å²) < 4.78 is 5.89. The van der Waals surface area contributed by atoms with Gasteiger partial charge in [-0.3, -0.25) is 0 Å². The second-order valence-electron chi connectivity index (χ2n) is 11.4. The summed E-state index contributed by atoms with van der Waals surface area (Å²) in [5, 5.41) is 8.91. The lowest BCUT2D eigenvalue weighted by Crippen LogP contribution is -2.35. The first-order chi connectivity index (χ1) is 22.5. The molecule has 6 rings (SSSR count). The molecular weight excluding hydrogens is 617 g/mol. The molecule has 0 atom stereocenters. The Morgan fingerprint density at radius 1 is 0.870 bits per heavy atom. The van der Waals surface area contributed by atoms with Crippen molar-refractivity contribution in [2.24, 2.45) is 11.0 Å². The number of rotatable bonds is 11. The van der Waals surface area contributed by atoms with Crippen molar-refractivity contribution in [1.29, 1.82) is 0 Å². The van der Waals surface area contributed by atoms with Crippen LogP contribution in [-0.2, 0) is 13.0 Å². The smallest absolute Gasteiger partial charge is 0.250 e. The highest BCUT2D eigenvalue weighted by Crippen LogP contribution is 2.26. The van der Waals surface area contributed by atoms with Gasteiger partial charge in [-0.15, -0.1) is 0 Å². The fraction of sp³-hybridized carbons (Fsp3) is 0.222. The number of hydrogen-bond acceptors (Lipinski definition) is 8. The number of hydrogen-bond donors (Lipinski definition) is 2. The first-order valence-corrected chi connectivity index (χ1v) is 16.1. The Bertz CT molecular complexity index is 1760. The molecule has 0 bridgehead atoms. The van der Waals surface area contributed by atoms with Crippen LogP contribution in [0, 0.1) is 12.8 Å². The van der Waals surface area contributed by atoms with E-state index < -0.39 is 0 Å². The summed E-state index contributed by atoms with van der Waals surface area (Å²) in [7, 11) is 0. The van der Waals surface area contributed by atoms with Crippen LogP contribution >= 0.6 is 23.2 Å². The quantitative estimate of drug-likeness (QED) is 0.109. The topological polar surface area (TPSA) is 87.6 Å². The first-order valence-electron chi connectivity index (χ1n) is 15.3. The Morgan fingerprint density at radius 3 is 2.35 bits per heavy atom. The monoisotopic (exact) mass is 651 g/mol. The van der Waals surface area contributed by atoms with Crippen molar-refractivity contribution in [3.05, 3.63) is 129 Å². The normalized spacial score (nSPS) is 13.6. The van der Waals surface area contributed by atoms with E-state index in [-0.39, 0.29) is 0 Å². The summed E-state index contributed by atoms with van der Waals surface area (Å²) >= 11 is 12.3. The summed E-state index contributed by atoms with van der Waals surface area (Å²) in [6.07, 6.45) is 4.96. The van der Waals surface area contributed by atoms with Crippen LogP contribution in [-0.4, -0.2) is 34.3 Å². The van der Waals surface area contributed by atoms with Gasteiger partial charge in [-0.25, -0.2) is 5.43 Å². The highest BCUT2D eigenvalue weighted by atomic mass is 35.5. The summed E-state index contributed by atoms with van der Waals surface area (Å²) in [4.78, 5) is 16.3. The minimum Gasteiger partial charge on any atom is -0.489 e. The number of hydrazone groups is 1. The van der Waals surface area contributed by atoms with Crippen LogP contribution in [0.3, 0.4) is 0 Å². The highest BCUT2D eigenvalue weighted by molar-refractivity contribution is 6.35. The Labute approximate surface area is 279 Å². The third-order valence-corrected chi connectivity index (χ3v) is 8.45. The van der Waals surface area contributed by atoms with Gasteiger partial charge in [0.15, 0.2) is 0 Å². The molecule has 1 aromatic heterocycles. The van der Waals surface area contributed by atoms with Crippen molar-refractivity contribution in [2.45, 2.75) is 32.8 Å². The zero-order chi connectivity index (χ0) is 31.7. The molecule has 10 heteroatoms. The third-order valence-electron chi connectivity index (χ3n) is 7.86. The highest BCUT2D eigenvalue weighted by Gasteiger charge is 2.22. The molecule has 2 heterocycles. The second-order valence-corrected chi connectivity index (χ2v) is 12.2. The van der Waals surface area contributed by atoms with E-state index in [1.54, 1.807) is 18.3 Å². The minimum atomic E-state index is 0.344. The van der Waals surface area contributed by atoms with Crippen LogP contribution in [0.5, 0.6) is 5.75 Å². The van der Waals surface area contributed by atoms with Gasteiger partial charge < -0.3 is 15.0 Å². The maximum atomic E-state index is 6.26. The van der Waals surface area contributed by atoms with Gasteiger partial charge in [-0.2, -0.15) is 20.1 Å². The Kier molecular flexibility index (Phi) is 10.3. The molecule has 8 nitrogen and oxygen atoms in total. The molecule has 0 unspecified atom stereocenters. The van der Waals surface area contributed by atoms with Crippen LogP contribution < -0.4 is 20.4 Å². The molecule has 0 amide bonds. The van der Waals surface area contributed by atoms with Gasteiger partial charge in [0.25, 0.3) is 0 Å². The Hall–Kier alpha value is -4.66. The predicted molar refractivity (Wildman–Crippen MR) is 188 cm³/mol. The molecule has 0 radical (unpaired) electrons. The van der Waals surface area contributed by atoms with Gasteiger partial charge >= 0.3 is 0 Å². The summed E-state index contributed by atoms with van der Waals surface area (Å²) in [5.41, 5.74) is 8.23. The number of halogens is 2. The van der Waals surface area contributed by atoms with E-state index in [2.05, 4.69) is 75.1 Å². The van der Waals surface area contributed by atoms with Gasteiger partial charge in [0, 0.05) is 34.4 Å². The van der Waals surface area contributed by atoms with Gasteiger partial charge in [0.2, 0.25) is 17.8 Å². The van der Waals surface area contributed by atoms with Crippen molar-refractivity contribution in [1.82, 2.24) is 15.0 Å². The maximum Gasteiger partial charge on any atom is 0.250 e. The van der Waals surface area contributed by atoms with E-state index in [9.17, 15) is 0 Å². The molecule has 0 saturated carbocycles. The number of aryl methyl sites for hydroxylation is 1. The van der Waals surface area contributed by atoms with E-state index in [1.165, 1.54) is 11.1 Å². The van der Waals surface area contributed by atoms with Gasteiger partial charge in [0.1, 0.15) is 12.4 Å². The Balaban J connectivity index is 1.11. The van der Waals surface area contributed by atoms with E-state index >= 15 is 0 Å². The average Bonchev–Trinajstić information content (AvgIpc) is 3.07. The van der Waals surface area contributed by atoms with Crippen molar-refractivity contribution in [3.8, 4) is 5.75 Å². The van der Waals surface area contributed by atoms with Crippen molar-refractivity contribution in [3.63, 3.8) is 0 Å². The second kappa shape index (κ2) is 15.1. The molecule has 1 aliphatic heterocycles. The lowest BCUT2D eigenvalue weighted by atomic mass is 9.90. The van der Waals surface area contributed by atoms with Gasteiger partial charge in [-0.1, -0.05) is 77.3 Å². The zero-order valence-electron chi connectivity index (χ0n) is 25.5. The standard InChI is InChI=1S/C36H35Cl2N7O/c1-25-7-13-31(14-8-25)40-34-41-35(43-36(42-34)45-19-17-27(18-20-45)21-26-5-3-2-4-6-26)44-39-23-28-9-15-32(16-10-28)46-24-29-11-12-30(37)22-33(29)38/h2-16,22-23,27H,17-21,24H2,1H3,(H2,40,41,42,43,44)/b39-23-. The first kappa shape index (κ1) is 31.3. The maximum absolute atomic E-state index is 6.26. The number of aromatic nitrogens is 3. The van der Waals surface area contributed by atoms with E-state index in [0.717, 1.165) is 54.9 Å². The van der Waals surface area contributed by atoms with E-state index in [4.69, 9.17) is 37.9 Å². The van der Waals surface area contributed by atoms with Crippen molar-refractivity contribution < 1.29 is 4.74 Å². The summed E-state index contributed by atoms with van der Waals surface area (Å²) in [6.45, 7) is 4.17. The van der Waals surface area contributed by atoms with Crippen molar-refractivity contribution in [2.75, 3.05) is 28.7 Å². The molecule has 2 N–H and O–H groups in total. The number of piperidine rings is 1. The number of nitrogens with zero attached hydrogens (tertiary/aromatic N) is 5. The van der Waals surface area contributed by atoms with Gasteiger partial charge in [0.05, 0.1) is 6.21 Å². The minimum absolute atomic E-state index is 0.344. The molecule has 234 valence electrons. The number of nitrogens with one attached hydrogen (secondary N) is 2.